The van der Waals surface area contributed by atoms with Crippen molar-refractivity contribution in [1.82, 2.24) is 4.57 Å². The van der Waals surface area contributed by atoms with Crippen molar-refractivity contribution >= 4 is 17.6 Å². The van der Waals surface area contributed by atoms with E-state index in [4.69, 9.17) is 4.74 Å². The zero-order chi connectivity index (χ0) is 26.4. The number of rotatable bonds is 18. The fourth-order valence-electron chi connectivity index (χ4n) is 3.94. The Labute approximate surface area is 218 Å². The standard InChI is InChI=1S/C17H34O2.C12H15N4O/c1-2-3-4-5-6-7-8-9-10-11-12-13-14-15-16-17(18)19;1-15-8-9-16(2)12(15)14-13-10-4-6-11(17-3)7-5-10/h2-16H2,1H3,(H,18,19);4-9H,1-3H3/q;+1/p-1. The SMILES string of the molecule is CCCCCCCCCCCCCCCCC(=O)[O-].COc1ccc(N=Nc2n(C)cc[n+]2C)cc1. The number of carboxylic acids is 1. The van der Waals surface area contributed by atoms with Crippen LogP contribution in [-0.2, 0) is 18.9 Å². The van der Waals surface area contributed by atoms with E-state index in [-0.39, 0.29) is 6.42 Å². The Kier molecular flexibility index (Phi) is 17.8. The van der Waals surface area contributed by atoms with Crippen LogP contribution in [0.5, 0.6) is 5.75 Å². The number of carboxylic acid groups (broad SMARTS) is 1. The molecule has 36 heavy (non-hydrogen) atoms. The summed E-state index contributed by atoms with van der Waals surface area (Å²) in [6.07, 6.45) is 22.3. The highest BCUT2D eigenvalue weighted by Gasteiger charge is 2.10. The van der Waals surface area contributed by atoms with Crippen molar-refractivity contribution in [3.63, 3.8) is 0 Å². The van der Waals surface area contributed by atoms with Crippen molar-refractivity contribution in [1.29, 1.82) is 0 Å². The first kappa shape index (κ1) is 31.3. The van der Waals surface area contributed by atoms with Gasteiger partial charge in [0.25, 0.3) is 0 Å². The second kappa shape index (κ2) is 20.5. The van der Waals surface area contributed by atoms with Gasteiger partial charge < -0.3 is 14.6 Å². The Morgan fingerprint density at radius 2 is 1.36 bits per heavy atom. The molecule has 0 aliphatic rings. The molecule has 0 fully saturated rings. The smallest absolute Gasteiger partial charge is 0.421 e. The molecule has 0 amide bonds. The fourth-order valence-corrected chi connectivity index (χ4v) is 3.94. The van der Waals surface area contributed by atoms with Gasteiger partial charge in [-0.15, -0.1) is 0 Å². The third-order valence-corrected chi connectivity index (χ3v) is 6.21. The van der Waals surface area contributed by atoms with Gasteiger partial charge in [-0.05, 0) is 37.1 Å². The lowest BCUT2D eigenvalue weighted by Crippen LogP contribution is -2.25. The normalized spacial score (nSPS) is 10.9. The molecule has 1 aromatic heterocycles. The molecule has 0 saturated carbocycles. The van der Waals surface area contributed by atoms with E-state index < -0.39 is 5.97 Å². The summed E-state index contributed by atoms with van der Waals surface area (Å²) in [5, 5.41) is 18.6. The molecule has 0 radical (unpaired) electrons. The molecule has 0 spiro atoms. The first-order valence-corrected chi connectivity index (χ1v) is 13.7. The molecule has 7 nitrogen and oxygen atoms in total. The number of aryl methyl sites for hydroxylation is 2. The molecule has 0 bridgehead atoms. The Morgan fingerprint density at radius 3 is 1.78 bits per heavy atom. The number of methoxy groups -OCH3 is 1. The van der Waals surface area contributed by atoms with Crippen LogP contribution in [0.2, 0.25) is 0 Å². The predicted molar refractivity (Wildman–Crippen MR) is 144 cm³/mol. The van der Waals surface area contributed by atoms with Crippen molar-refractivity contribution < 1.29 is 19.2 Å². The van der Waals surface area contributed by atoms with Gasteiger partial charge in [0.1, 0.15) is 11.4 Å². The average Bonchev–Trinajstić information content (AvgIpc) is 3.20. The maximum absolute atomic E-state index is 10.2. The monoisotopic (exact) mass is 500 g/mol. The molecule has 7 heteroatoms. The first-order chi connectivity index (χ1) is 17.5. The minimum Gasteiger partial charge on any atom is -0.550 e. The van der Waals surface area contributed by atoms with Gasteiger partial charge in [-0.3, -0.25) is 0 Å². The number of ether oxygens (including phenoxy) is 1. The lowest BCUT2D eigenvalue weighted by atomic mass is 10.0. The molecule has 202 valence electrons. The molecule has 2 aromatic rings. The van der Waals surface area contributed by atoms with Gasteiger partial charge >= 0.3 is 5.95 Å². The van der Waals surface area contributed by atoms with Crippen LogP contribution in [0.1, 0.15) is 103 Å². The van der Waals surface area contributed by atoms with E-state index >= 15 is 0 Å². The van der Waals surface area contributed by atoms with Crippen LogP contribution in [0.4, 0.5) is 11.6 Å². The number of imidazole rings is 1. The highest BCUT2D eigenvalue weighted by Crippen LogP contribution is 2.19. The van der Waals surface area contributed by atoms with Gasteiger partial charge in [0.15, 0.2) is 0 Å². The van der Waals surface area contributed by atoms with Gasteiger partial charge in [-0.2, -0.15) is 0 Å². The van der Waals surface area contributed by atoms with Crippen molar-refractivity contribution in [3.05, 3.63) is 36.7 Å². The third-order valence-electron chi connectivity index (χ3n) is 6.21. The Bertz CT molecular complexity index is 827. The maximum Gasteiger partial charge on any atom is 0.421 e. The van der Waals surface area contributed by atoms with E-state index in [0.29, 0.717) is 0 Å². The number of benzene rings is 1. The third kappa shape index (κ3) is 15.3. The molecule has 0 atom stereocenters. The average molecular weight is 501 g/mol. The van der Waals surface area contributed by atoms with Gasteiger partial charge in [-0.1, -0.05) is 95.5 Å². The van der Waals surface area contributed by atoms with Crippen LogP contribution in [0.15, 0.2) is 46.9 Å². The van der Waals surface area contributed by atoms with Gasteiger partial charge in [0.05, 0.1) is 33.6 Å². The molecule has 2 rings (SSSR count). The van der Waals surface area contributed by atoms with Crippen LogP contribution in [-0.4, -0.2) is 17.6 Å². The zero-order valence-electron chi connectivity index (χ0n) is 23.1. The lowest BCUT2D eigenvalue weighted by molar-refractivity contribution is -0.657. The maximum atomic E-state index is 10.2. The molecule has 1 aromatic carbocycles. The summed E-state index contributed by atoms with van der Waals surface area (Å²) in [6, 6.07) is 7.45. The Morgan fingerprint density at radius 1 is 0.861 bits per heavy atom. The predicted octanol–water partition coefficient (Wildman–Crippen LogP) is 6.88. The van der Waals surface area contributed by atoms with Crippen molar-refractivity contribution in [2.24, 2.45) is 24.3 Å². The number of aromatic nitrogens is 2. The summed E-state index contributed by atoms with van der Waals surface area (Å²) in [5.41, 5.74) is 0.798. The molecule has 0 N–H and O–H groups in total. The summed E-state index contributed by atoms with van der Waals surface area (Å²) in [6.45, 7) is 2.26. The topological polar surface area (TPSA) is 82.9 Å². The Hall–Kier alpha value is -2.70. The van der Waals surface area contributed by atoms with Gasteiger partial charge in [-0.25, -0.2) is 9.13 Å². The van der Waals surface area contributed by atoms with E-state index in [1.807, 2.05) is 59.9 Å². The number of hydrogen-bond donors (Lipinski definition) is 0. The minimum atomic E-state index is -0.904. The largest absolute Gasteiger partial charge is 0.550 e. The van der Waals surface area contributed by atoms with E-state index in [0.717, 1.165) is 30.2 Å². The molecular weight excluding hydrogens is 452 g/mol. The minimum absolute atomic E-state index is 0.234. The molecule has 0 saturated heterocycles. The second-order valence-electron chi connectivity index (χ2n) is 9.44. The van der Waals surface area contributed by atoms with Crippen LogP contribution in [0.3, 0.4) is 0 Å². The van der Waals surface area contributed by atoms with Gasteiger partial charge in [0.2, 0.25) is 0 Å². The number of aliphatic carboxylic acids is 1. The van der Waals surface area contributed by atoms with Crippen molar-refractivity contribution in [2.75, 3.05) is 7.11 Å². The van der Waals surface area contributed by atoms with Crippen LogP contribution < -0.4 is 14.4 Å². The fraction of sp³-hybridized carbons (Fsp3) is 0.655. The zero-order valence-corrected chi connectivity index (χ0v) is 23.1. The van der Waals surface area contributed by atoms with Gasteiger partial charge in [0, 0.05) is 11.1 Å². The molecule has 1 heterocycles. The lowest BCUT2D eigenvalue weighted by Gasteiger charge is -2.03. The van der Waals surface area contributed by atoms with E-state index in [1.54, 1.807) is 7.11 Å². The number of carbonyl (C=O) groups excluding carboxylic acids is 1. The highest BCUT2D eigenvalue weighted by atomic mass is 16.5. The van der Waals surface area contributed by atoms with E-state index in [2.05, 4.69) is 17.2 Å². The summed E-state index contributed by atoms with van der Waals surface area (Å²) >= 11 is 0. The summed E-state index contributed by atoms with van der Waals surface area (Å²) in [5.74, 6) is 0.702. The molecule has 0 unspecified atom stereocenters. The number of unbranched alkanes of at least 4 members (excludes halogenated alkanes) is 13. The van der Waals surface area contributed by atoms with Crippen LogP contribution in [0.25, 0.3) is 0 Å². The summed E-state index contributed by atoms with van der Waals surface area (Å²) < 4.78 is 8.90. The van der Waals surface area contributed by atoms with Crippen molar-refractivity contribution in [3.8, 4) is 5.75 Å². The number of nitrogens with zero attached hydrogens (tertiary/aromatic N) is 4. The summed E-state index contributed by atoms with van der Waals surface area (Å²) in [7, 11) is 5.51. The number of azo groups is 1. The number of carbonyl (C=O) groups is 1. The second-order valence-corrected chi connectivity index (χ2v) is 9.44. The van der Waals surface area contributed by atoms with Crippen LogP contribution in [0, 0.1) is 0 Å². The number of hydrogen-bond acceptors (Lipinski definition) is 5. The van der Waals surface area contributed by atoms with E-state index in [1.165, 1.54) is 77.0 Å². The highest BCUT2D eigenvalue weighted by molar-refractivity contribution is 5.64. The van der Waals surface area contributed by atoms with E-state index in [9.17, 15) is 9.90 Å². The quantitative estimate of drug-likeness (QED) is 0.127. The summed E-state index contributed by atoms with van der Waals surface area (Å²) in [4.78, 5) is 10.2. The van der Waals surface area contributed by atoms with Crippen LogP contribution >= 0.6 is 0 Å². The van der Waals surface area contributed by atoms with Crippen molar-refractivity contribution in [2.45, 2.75) is 103 Å². The first-order valence-electron chi connectivity index (χ1n) is 13.7. The Balaban J connectivity index is 0.000000361. The molecular formula is C29H48N4O3. The molecule has 0 aliphatic carbocycles. The molecule has 0 aliphatic heterocycles.